The molecule has 7 heteroatoms. The van der Waals surface area contributed by atoms with Gasteiger partial charge in [-0.1, -0.05) is 6.42 Å². The van der Waals surface area contributed by atoms with Crippen LogP contribution >= 0.6 is 0 Å². The highest BCUT2D eigenvalue weighted by Gasteiger charge is 2.46. The van der Waals surface area contributed by atoms with E-state index in [1.54, 1.807) is 0 Å². The molecule has 0 spiro atoms. The Hall–Kier alpha value is -1.20. The van der Waals surface area contributed by atoms with Crippen molar-refractivity contribution in [1.29, 1.82) is 5.26 Å². The third-order valence-corrected chi connectivity index (χ3v) is 8.38. The average molecular weight is 433 g/mol. The molecule has 2 aliphatic carbocycles. The van der Waals surface area contributed by atoms with Gasteiger partial charge in [0.1, 0.15) is 6.04 Å². The molecule has 2 saturated heterocycles. The first kappa shape index (κ1) is 23.0. The Morgan fingerprint density at radius 3 is 2.52 bits per heavy atom. The molecule has 0 radical (unpaired) electrons. The van der Waals surface area contributed by atoms with Crippen molar-refractivity contribution in [2.24, 2.45) is 17.8 Å². The Morgan fingerprint density at radius 2 is 1.81 bits per heavy atom. The number of likely N-dealkylation sites (tertiary alicyclic amines) is 1. The lowest BCUT2D eigenvalue weighted by Crippen LogP contribution is -2.59. The monoisotopic (exact) mass is 432 g/mol. The summed E-state index contributed by atoms with van der Waals surface area (Å²) in [6.07, 6.45) is 10.4. The van der Waals surface area contributed by atoms with E-state index in [9.17, 15) is 10.1 Å². The summed E-state index contributed by atoms with van der Waals surface area (Å²) in [6.45, 7) is 3.88. The minimum absolute atomic E-state index is 0.107. The van der Waals surface area contributed by atoms with E-state index in [0.717, 1.165) is 57.9 Å². The van der Waals surface area contributed by atoms with Crippen LogP contribution in [0.15, 0.2) is 0 Å². The lowest BCUT2D eigenvalue weighted by molar-refractivity contribution is -0.149. The standard InChI is InChI=1S/C24H40N4O3/c1-30-20-8-6-17(7-9-20)13-28-16-26-21-11-22(24(29)31-2)27(15-23(21)28)14-19-5-3-4-18(10-19)12-25/h17-23,26H,3-11,13-16H2,1-2H3/t17?,18?,19?,20?,21?,22-,23?/m0/s1. The number of fused-ring (bicyclic) bond motifs is 1. The first-order valence-corrected chi connectivity index (χ1v) is 12.3. The molecule has 174 valence electrons. The van der Waals surface area contributed by atoms with Crippen LogP contribution in [0.1, 0.15) is 57.8 Å². The Bertz CT molecular complexity index is 645. The zero-order chi connectivity index (χ0) is 21.8. The molecule has 2 saturated carbocycles. The van der Waals surface area contributed by atoms with Gasteiger partial charge in [-0.15, -0.1) is 0 Å². The summed E-state index contributed by atoms with van der Waals surface area (Å²) in [7, 11) is 3.34. The summed E-state index contributed by atoms with van der Waals surface area (Å²) in [5, 5.41) is 13.1. The largest absolute Gasteiger partial charge is 0.468 e. The normalized spacial score (nSPS) is 39.6. The molecule has 0 amide bonds. The average Bonchev–Trinajstić information content (AvgIpc) is 3.20. The first-order chi connectivity index (χ1) is 15.1. The number of ether oxygens (including phenoxy) is 2. The van der Waals surface area contributed by atoms with Gasteiger partial charge in [-0.25, -0.2) is 0 Å². The number of esters is 1. The predicted octanol–water partition coefficient (Wildman–Crippen LogP) is 2.37. The summed E-state index contributed by atoms with van der Waals surface area (Å²) < 4.78 is 10.7. The number of hydrogen-bond acceptors (Lipinski definition) is 7. The van der Waals surface area contributed by atoms with Gasteiger partial charge in [0, 0.05) is 51.4 Å². The molecule has 31 heavy (non-hydrogen) atoms. The number of hydrogen-bond donors (Lipinski definition) is 1. The lowest BCUT2D eigenvalue weighted by atomic mass is 9.81. The fourth-order valence-corrected chi connectivity index (χ4v) is 6.55. The number of nitrogens with one attached hydrogen (secondary N) is 1. The maximum Gasteiger partial charge on any atom is 0.323 e. The van der Waals surface area contributed by atoms with Gasteiger partial charge in [-0.3, -0.25) is 19.9 Å². The molecule has 4 fully saturated rings. The van der Waals surface area contributed by atoms with E-state index in [1.807, 2.05) is 7.11 Å². The van der Waals surface area contributed by atoms with Gasteiger partial charge in [0.05, 0.1) is 19.3 Å². The molecule has 4 aliphatic rings. The maximum atomic E-state index is 12.6. The summed E-state index contributed by atoms with van der Waals surface area (Å²) in [5.74, 6) is 1.33. The third kappa shape index (κ3) is 5.42. The highest BCUT2D eigenvalue weighted by atomic mass is 16.5. The molecule has 0 bridgehead atoms. The van der Waals surface area contributed by atoms with Crippen molar-refractivity contribution in [2.75, 3.05) is 40.5 Å². The van der Waals surface area contributed by atoms with Crippen LogP contribution in [0.3, 0.4) is 0 Å². The molecular formula is C24H40N4O3. The Labute approximate surface area is 187 Å². The highest BCUT2D eigenvalue weighted by molar-refractivity contribution is 5.76. The van der Waals surface area contributed by atoms with Crippen molar-refractivity contribution in [2.45, 2.75) is 82.0 Å². The van der Waals surface area contributed by atoms with Crippen LogP contribution < -0.4 is 5.32 Å². The Kier molecular flexibility index (Phi) is 7.86. The lowest BCUT2D eigenvalue weighted by Gasteiger charge is -2.44. The molecule has 0 aromatic rings. The van der Waals surface area contributed by atoms with Crippen molar-refractivity contribution in [3.63, 3.8) is 0 Å². The Morgan fingerprint density at radius 1 is 1.03 bits per heavy atom. The molecule has 5 atom stereocenters. The maximum absolute atomic E-state index is 12.6. The van der Waals surface area contributed by atoms with Crippen molar-refractivity contribution >= 4 is 5.97 Å². The number of rotatable bonds is 6. The third-order valence-electron chi connectivity index (χ3n) is 8.38. The van der Waals surface area contributed by atoms with Crippen LogP contribution in [-0.2, 0) is 14.3 Å². The van der Waals surface area contributed by atoms with Crippen LogP contribution in [0.4, 0.5) is 0 Å². The molecular weight excluding hydrogens is 392 g/mol. The van der Waals surface area contributed by atoms with E-state index in [2.05, 4.69) is 21.2 Å². The van der Waals surface area contributed by atoms with Crippen molar-refractivity contribution < 1.29 is 14.3 Å². The van der Waals surface area contributed by atoms with E-state index in [4.69, 9.17) is 9.47 Å². The van der Waals surface area contributed by atoms with Gasteiger partial charge >= 0.3 is 5.97 Å². The smallest absolute Gasteiger partial charge is 0.323 e. The van der Waals surface area contributed by atoms with Crippen molar-refractivity contribution in [3.05, 3.63) is 0 Å². The van der Waals surface area contributed by atoms with E-state index in [-0.39, 0.29) is 17.9 Å². The van der Waals surface area contributed by atoms with Crippen molar-refractivity contribution in [3.8, 4) is 6.07 Å². The number of carbonyl (C=O) groups excluding carboxylic acids is 1. The summed E-state index contributed by atoms with van der Waals surface area (Å²) >= 11 is 0. The molecule has 2 aliphatic heterocycles. The van der Waals surface area contributed by atoms with E-state index < -0.39 is 0 Å². The second kappa shape index (κ2) is 10.6. The number of nitrogens with zero attached hydrogens (tertiary/aromatic N) is 3. The van der Waals surface area contributed by atoms with Crippen LogP contribution in [0.25, 0.3) is 0 Å². The van der Waals surface area contributed by atoms with Crippen LogP contribution in [0.5, 0.6) is 0 Å². The second-order valence-electron chi connectivity index (χ2n) is 10.3. The molecule has 4 rings (SSSR count). The van der Waals surface area contributed by atoms with Crippen molar-refractivity contribution in [1.82, 2.24) is 15.1 Å². The van der Waals surface area contributed by atoms with Gasteiger partial charge in [0.15, 0.2) is 0 Å². The molecule has 1 N–H and O–H groups in total. The zero-order valence-corrected chi connectivity index (χ0v) is 19.3. The molecule has 2 heterocycles. The van der Waals surface area contributed by atoms with Gasteiger partial charge < -0.3 is 9.47 Å². The zero-order valence-electron chi connectivity index (χ0n) is 19.3. The Balaban J connectivity index is 1.39. The summed E-state index contributed by atoms with van der Waals surface area (Å²) in [4.78, 5) is 17.6. The number of piperidine rings is 1. The van der Waals surface area contributed by atoms with E-state index >= 15 is 0 Å². The van der Waals surface area contributed by atoms with Crippen LogP contribution in [0.2, 0.25) is 0 Å². The molecule has 7 nitrogen and oxygen atoms in total. The van der Waals surface area contributed by atoms with Crippen LogP contribution in [-0.4, -0.2) is 80.5 Å². The quantitative estimate of drug-likeness (QED) is 0.646. The SMILES string of the molecule is COC(=O)[C@@H]1CC2NCN(CC3CCC(OC)CC3)C2CN1CC1CCCC(C#N)C1. The van der Waals surface area contributed by atoms with Gasteiger partial charge in [0.2, 0.25) is 0 Å². The first-order valence-electron chi connectivity index (χ1n) is 12.3. The fourth-order valence-electron chi connectivity index (χ4n) is 6.55. The highest BCUT2D eigenvalue weighted by Crippen LogP contribution is 2.34. The summed E-state index contributed by atoms with van der Waals surface area (Å²) in [6, 6.07) is 3.12. The minimum Gasteiger partial charge on any atom is -0.468 e. The predicted molar refractivity (Wildman–Crippen MR) is 118 cm³/mol. The summed E-state index contributed by atoms with van der Waals surface area (Å²) in [5.41, 5.74) is 0. The topological polar surface area (TPSA) is 77.8 Å². The molecule has 0 aromatic carbocycles. The fraction of sp³-hybridized carbons (Fsp3) is 0.917. The second-order valence-corrected chi connectivity index (χ2v) is 10.3. The van der Waals surface area contributed by atoms with E-state index in [1.165, 1.54) is 39.2 Å². The minimum atomic E-state index is -0.168. The number of methoxy groups -OCH3 is 2. The number of nitriles is 1. The van der Waals surface area contributed by atoms with Crippen LogP contribution in [0, 0.1) is 29.1 Å². The number of carbonyl (C=O) groups is 1. The van der Waals surface area contributed by atoms with Gasteiger partial charge in [0.25, 0.3) is 0 Å². The van der Waals surface area contributed by atoms with Gasteiger partial charge in [-0.05, 0) is 63.2 Å². The van der Waals surface area contributed by atoms with Gasteiger partial charge in [-0.2, -0.15) is 5.26 Å². The van der Waals surface area contributed by atoms with E-state index in [0.29, 0.717) is 24.1 Å². The molecule has 4 unspecified atom stereocenters. The molecule has 0 aromatic heterocycles.